The molecule has 2 rings (SSSR count). The number of aliphatic hydroxyl groups excluding tert-OH is 1. The smallest absolute Gasteiger partial charge is 0.0845 e. The highest BCUT2D eigenvalue weighted by molar-refractivity contribution is 6.42. The van der Waals surface area contributed by atoms with Gasteiger partial charge in [-0.3, -0.25) is 0 Å². The Morgan fingerprint density at radius 1 is 1.05 bits per heavy atom. The summed E-state index contributed by atoms with van der Waals surface area (Å²) in [4.78, 5) is 0. The Labute approximate surface area is 127 Å². The number of aryl methyl sites for hydroxylation is 1. The van der Waals surface area contributed by atoms with Gasteiger partial charge in [0, 0.05) is 11.4 Å². The molecule has 0 heterocycles. The SMILES string of the molecule is Cc1ccc(C(O)Cc2cccc(Cl)c2Cl)c(Cl)c1. The zero-order chi connectivity index (χ0) is 14.0. The standard InChI is InChI=1S/C15H13Cl3O/c1-9-5-6-11(13(17)7-9)14(19)8-10-3-2-4-12(16)15(10)18/h2-7,14,19H,8H2,1H3. The third kappa shape index (κ3) is 3.43. The number of rotatable bonds is 3. The van der Waals surface area contributed by atoms with E-state index < -0.39 is 6.10 Å². The van der Waals surface area contributed by atoms with E-state index in [2.05, 4.69) is 0 Å². The number of hydrogen-bond acceptors (Lipinski definition) is 1. The number of benzene rings is 2. The monoisotopic (exact) mass is 314 g/mol. The Balaban J connectivity index is 2.25. The summed E-state index contributed by atoms with van der Waals surface area (Å²) in [5.74, 6) is 0. The van der Waals surface area contributed by atoms with Gasteiger partial charge >= 0.3 is 0 Å². The molecule has 1 nitrogen and oxygen atoms in total. The van der Waals surface area contributed by atoms with E-state index in [-0.39, 0.29) is 0 Å². The third-order valence-electron chi connectivity index (χ3n) is 2.96. The van der Waals surface area contributed by atoms with Crippen LogP contribution < -0.4 is 0 Å². The molecule has 1 unspecified atom stereocenters. The fraction of sp³-hybridized carbons (Fsp3) is 0.200. The lowest BCUT2D eigenvalue weighted by Crippen LogP contribution is -2.03. The van der Waals surface area contributed by atoms with Crippen LogP contribution in [0.5, 0.6) is 0 Å². The molecular weight excluding hydrogens is 303 g/mol. The predicted molar refractivity (Wildman–Crippen MR) is 81.3 cm³/mol. The summed E-state index contributed by atoms with van der Waals surface area (Å²) in [7, 11) is 0. The largest absolute Gasteiger partial charge is 0.388 e. The van der Waals surface area contributed by atoms with Crippen LogP contribution in [0.1, 0.15) is 22.8 Å². The second-order valence-corrected chi connectivity index (χ2v) is 5.65. The molecular formula is C15H13Cl3O. The molecule has 1 atom stereocenters. The van der Waals surface area contributed by atoms with Crippen molar-refractivity contribution in [1.29, 1.82) is 0 Å². The molecule has 0 aliphatic heterocycles. The first-order valence-corrected chi connectivity index (χ1v) is 6.99. The van der Waals surface area contributed by atoms with Crippen LogP contribution in [0.25, 0.3) is 0 Å². The van der Waals surface area contributed by atoms with Crippen LogP contribution in [0, 0.1) is 6.92 Å². The predicted octanol–water partition coefficient (Wildman–Crippen LogP) is 5.23. The lowest BCUT2D eigenvalue weighted by atomic mass is 10.0. The van der Waals surface area contributed by atoms with E-state index in [1.165, 1.54) is 0 Å². The van der Waals surface area contributed by atoms with Crippen molar-refractivity contribution in [3.8, 4) is 0 Å². The average molecular weight is 316 g/mol. The molecule has 0 saturated heterocycles. The Morgan fingerprint density at radius 2 is 1.79 bits per heavy atom. The highest BCUT2D eigenvalue weighted by Gasteiger charge is 2.15. The van der Waals surface area contributed by atoms with Crippen LogP contribution >= 0.6 is 34.8 Å². The van der Waals surface area contributed by atoms with Crippen molar-refractivity contribution in [3.05, 3.63) is 68.2 Å². The summed E-state index contributed by atoms with van der Waals surface area (Å²) >= 11 is 18.2. The molecule has 0 saturated carbocycles. The Hall–Kier alpha value is -0.730. The molecule has 19 heavy (non-hydrogen) atoms. The average Bonchev–Trinajstić information content (AvgIpc) is 2.34. The molecule has 0 aromatic heterocycles. The zero-order valence-corrected chi connectivity index (χ0v) is 12.6. The normalized spacial score (nSPS) is 12.5. The van der Waals surface area contributed by atoms with E-state index in [0.717, 1.165) is 11.1 Å². The lowest BCUT2D eigenvalue weighted by Gasteiger charge is -2.14. The summed E-state index contributed by atoms with van der Waals surface area (Å²) in [6, 6.07) is 11.0. The van der Waals surface area contributed by atoms with Gasteiger partial charge in [0.25, 0.3) is 0 Å². The minimum absolute atomic E-state index is 0.377. The van der Waals surface area contributed by atoms with Gasteiger partial charge in [-0.05, 0) is 35.7 Å². The first-order valence-electron chi connectivity index (χ1n) is 5.86. The molecule has 0 aliphatic carbocycles. The van der Waals surface area contributed by atoms with E-state index in [1.54, 1.807) is 6.07 Å². The fourth-order valence-corrected chi connectivity index (χ4v) is 2.69. The molecule has 2 aromatic rings. The van der Waals surface area contributed by atoms with E-state index >= 15 is 0 Å². The molecule has 4 heteroatoms. The maximum atomic E-state index is 10.3. The molecule has 0 fully saturated rings. The van der Waals surface area contributed by atoms with Gasteiger partial charge in [-0.15, -0.1) is 0 Å². The van der Waals surface area contributed by atoms with Gasteiger partial charge < -0.3 is 5.11 Å². The lowest BCUT2D eigenvalue weighted by molar-refractivity contribution is 0.178. The summed E-state index contributed by atoms with van der Waals surface area (Å²) in [6.45, 7) is 1.95. The molecule has 0 radical (unpaired) electrons. The Morgan fingerprint density at radius 3 is 2.47 bits per heavy atom. The van der Waals surface area contributed by atoms with E-state index in [1.807, 2.05) is 37.3 Å². The summed E-state index contributed by atoms with van der Waals surface area (Å²) in [6.07, 6.45) is -0.327. The molecule has 0 aliphatic rings. The summed E-state index contributed by atoms with van der Waals surface area (Å²) in [5.41, 5.74) is 2.56. The first kappa shape index (κ1) is 14.7. The van der Waals surface area contributed by atoms with Gasteiger partial charge in [0.1, 0.15) is 0 Å². The van der Waals surface area contributed by atoms with Gasteiger partial charge in [0.15, 0.2) is 0 Å². The van der Waals surface area contributed by atoms with Crippen molar-refractivity contribution in [2.45, 2.75) is 19.4 Å². The van der Waals surface area contributed by atoms with Crippen LogP contribution in [0.15, 0.2) is 36.4 Å². The van der Waals surface area contributed by atoms with Crippen LogP contribution in [0.3, 0.4) is 0 Å². The van der Waals surface area contributed by atoms with Gasteiger partial charge in [-0.2, -0.15) is 0 Å². The van der Waals surface area contributed by atoms with Crippen LogP contribution in [0.4, 0.5) is 0 Å². The summed E-state index contributed by atoms with van der Waals surface area (Å²) in [5, 5.41) is 11.8. The summed E-state index contributed by atoms with van der Waals surface area (Å²) < 4.78 is 0. The van der Waals surface area contributed by atoms with Crippen LogP contribution in [-0.2, 0) is 6.42 Å². The molecule has 0 bridgehead atoms. The topological polar surface area (TPSA) is 20.2 Å². The molecule has 0 amide bonds. The second kappa shape index (κ2) is 6.15. The van der Waals surface area contributed by atoms with Crippen LogP contribution in [0.2, 0.25) is 15.1 Å². The molecule has 2 aromatic carbocycles. The highest BCUT2D eigenvalue weighted by Crippen LogP contribution is 2.31. The number of hydrogen-bond donors (Lipinski definition) is 1. The van der Waals surface area contributed by atoms with Gasteiger partial charge in [-0.1, -0.05) is 59.1 Å². The minimum Gasteiger partial charge on any atom is -0.388 e. The Bertz CT molecular complexity index is 596. The van der Waals surface area contributed by atoms with Crippen molar-refractivity contribution < 1.29 is 5.11 Å². The van der Waals surface area contributed by atoms with Crippen LogP contribution in [-0.4, -0.2) is 5.11 Å². The maximum absolute atomic E-state index is 10.3. The van der Waals surface area contributed by atoms with Gasteiger partial charge in [-0.25, -0.2) is 0 Å². The van der Waals surface area contributed by atoms with Crippen molar-refractivity contribution in [1.82, 2.24) is 0 Å². The van der Waals surface area contributed by atoms with Crippen molar-refractivity contribution in [2.75, 3.05) is 0 Å². The number of aliphatic hydroxyl groups is 1. The maximum Gasteiger partial charge on any atom is 0.0845 e. The van der Waals surface area contributed by atoms with Crippen molar-refractivity contribution >= 4 is 34.8 Å². The van der Waals surface area contributed by atoms with E-state index in [4.69, 9.17) is 34.8 Å². The quantitative estimate of drug-likeness (QED) is 0.822. The molecule has 1 N–H and O–H groups in total. The first-order chi connectivity index (χ1) is 8.99. The fourth-order valence-electron chi connectivity index (χ4n) is 1.93. The van der Waals surface area contributed by atoms with Crippen molar-refractivity contribution in [2.24, 2.45) is 0 Å². The molecule has 100 valence electrons. The van der Waals surface area contributed by atoms with Gasteiger partial charge in [0.05, 0.1) is 16.1 Å². The van der Waals surface area contributed by atoms with Gasteiger partial charge in [0.2, 0.25) is 0 Å². The molecule has 0 spiro atoms. The second-order valence-electron chi connectivity index (χ2n) is 4.46. The third-order valence-corrected chi connectivity index (χ3v) is 4.15. The van der Waals surface area contributed by atoms with E-state index in [9.17, 15) is 5.11 Å². The Kier molecular flexibility index (Phi) is 4.75. The highest BCUT2D eigenvalue weighted by atomic mass is 35.5. The van der Waals surface area contributed by atoms with E-state index in [0.29, 0.717) is 27.1 Å². The zero-order valence-electron chi connectivity index (χ0n) is 10.3. The number of halogens is 3. The van der Waals surface area contributed by atoms with Crippen molar-refractivity contribution in [3.63, 3.8) is 0 Å². The minimum atomic E-state index is -0.705.